The van der Waals surface area contributed by atoms with Gasteiger partial charge >= 0.3 is 11.9 Å². The van der Waals surface area contributed by atoms with Crippen LogP contribution in [0.4, 0.5) is 0 Å². The van der Waals surface area contributed by atoms with Crippen molar-refractivity contribution in [2.24, 2.45) is 7.05 Å². The van der Waals surface area contributed by atoms with E-state index in [1.807, 2.05) is 13.8 Å². The summed E-state index contributed by atoms with van der Waals surface area (Å²) in [7, 11) is 1.63. The van der Waals surface area contributed by atoms with Gasteiger partial charge in [-0.25, -0.2) is 9.59 Å². The molecule has 0 saturated heterocycles. The lowest BCUT2D eigenvalue weighted by atomic mass is 9.97. The summed E-state index contributed by atoms with van der Waals surface area (Å²) in [4.78, 5) is 22.1. The van der Waals surface area contributed by atoms with Gasteiger partial charge in [0.2, 0.25) is 0 Å². The number of carboxylic acid groups (broad SMARTS) is 2. The normalized spacial score (nSPS) is 10.6. The molecule has 1 heterocycles. The van der Waals surface area contributed by atoms with E-state index in [-0.39, 0.29) is 11.3 Å². The van der Waals surface area contributed by atoms with Crippen molar-refractivity contribution in [3.05, 3.63) is 40.6 Å². The topological polar surface area (TPSA) is 92.4 Å². The average Bonchev–Trinajstić information content (AvgIpc) is 2.74. The van der Waals surface area contributed by atoms with Crippen molar-refractivity contribution < 1.29 is 19.8 Å². The van der Waals surface area contributed by atoms with Crippen LogP contribution < -0.4 is 0 Å². The van der Waals surface area contributed by atoms with Crippen molar-refractivity contribution in [2.45, 2.75) is 13.8 Å². The highest BCUT2D eigenvalue weighted by molar-refractivity contribution is 5.91. The van der Waals surface area contributed by atoms with Crippen LogP contribution in [0, 0.1) is 13.8 Å². The van der Waals surface area contributed by atoms with Crippen LogP contribution in [0.3, 0.4) is 0 Å². The molecule has 0 fully saturated rings. The molecule has 0 aliphatic heterocycles. The third kappa shape index (κ3) is 2.27. The first-order valence-electron chi connectivity index (χ1n) is 5.93. The fraction of sp³-hybridized carbons (Fsp3) is 0.214. The molecule has 0 aliphatic carbocycles. The minimum absolute atomic E-state index is 0.0692. The molecule has 6 heteroatoms. The van der Waals surface area contributed by atoms with Gasteiger partial charge in [-0.05, 0) is 43.2 Å². The Morgan fingerprint density at radius 2 is 1.75 bits per heavy atom. The van der Waals surface area contributed by atoms with Crippen LogP contribution in [-0.2, 0) is 7.05 Å². The maximum absolute atomic E-state index is 11.1. The summed E-state index contributed by atoms with van der Waals surface area (Å²) < 4.78 is 1.44. The number of benzene rings is 1. The lowest BCUT2D eigenvalue weighted by molar-refractivity contribution is 0.0682. The molecular formula is C14H14N2O4. The number of nitrogens with zero attached hydrogens (tertiary/aromatic N) is 2. The summed E-state index contributed by atoms with van der Waals surface area (Å²) >= 11 is 0. The number of carbonyl (C=O) groups is 2. The fourth-order valence-corrected chi connectivity index (χ4v) is 2.07. The highest BCUT2D eigenvalue weighted by Crippen LogP contribution is 2.27. The largest absolute Gasteiger partial charge is 0.478 e. The Kier molecular flexibility index (Phi) is 3.31. The maximum Gasteiger partial charge on any atom is 0.356 e. The number of aromatic carboxylic acids is 2. The Balaban J connectivity index is 2.68. The van der Waals surface area contributed by atoms with Crippen LogP contribution in [0.15, 0.2) is 18.2 Å². The van der Waals surface area contributed by atoms with Gasteiger partial charge in [-0.1, -0.05) is 0 Å². The number of hydrogen-bond acceptors (Lipinski definition) is 3. The third-order valence-corrected chi connectivity index (χ3v) is 3.29. The summed E-state index contributed by atoms with van der Waals surface area (Å²) in [6.45, 7) is 3.68. The summed E-state index contributed by atoms with van der Waals surface area (Å²) in [5, 5.41) is 22.0. The van der Waals surface area contributed by atoms with Gasteiger partial charge < -0.3 is 10.2 Å². The van der Waals surface area contributed by atoms with Crippen molar-refractivity contribution in [1.82, 2.24) is 9.78 Å². The molecule has 0 aliphatic rings. The Morgan fingerprint density at radius 1 is 1.10 bits per heavy atom. The molecule has 20 heavy (non-hydrogen) atoms. The number of aromatic nitrogens is 2. The lowest BCUT2D eigenvalue weighted by Crippen LogP contribution is -2.02. The second kappa shape index (κ2) is 4.80. The minimum atomic E-state index is -1.12. The summed E-state index contributed by atoms with van der Waals surface area (Å²) in [6.07, 6.45) is 0. The van der Waals surface area contributed by atoms with Crippen LogP contribution >= 0.6 is 0 Å². The van der Waals surface area contributed by atoms with E-state index in [2.05, 4.69) is 5.10 Å². The standard InChI is InChI=1S/C14H14N2O4/c1-7-4-9(13(17)18)5-10(8(7)2)12-6-11(14(19)20)15-16(12)3/h4-6H,1-3H3,(H,17,18)(H,19,20). The average molecular weight is 274 g/mol. The highest BCUT2D eigenvalue weighted by atomic mass is 16.4. The fourth-order valence-electron chi connectivity index (χ4n) is 2.07. The SMILES string of the molecule is Cc1cc(C(=O)O)cc(-c2cc(C(=O)O)nn2C)c1C. The van der Waals surface area contributed by atoms with Crippen LogP contribution in [0.2, 0.25) is 0 Å². The van der Waals surface area contributed by atoms with Gasteiger partial charge in [0.25, 0.3) is 0 Å². The zero-order valence-electron chi connectivity index (χ0n) is 11.3. The quantitative estimate of drug-likeness (QED) is 0.894. The summed E-state index contributed by atoms with van der Waals surface area (Å²) in [5.41, 5.74) is 3.07. The second-order valence-corrected chi connectivity index (χ2v) is 4.61. The smallest absolute Gasteiger partial charge is 0.356 e. The molecule has 2 aromatic rings. The molecule has 1 aromatic carbocycles. The van der Waals surface area contributed by atoms with Gasteiger partial charge in [0.05, 0.1) is 11.3 Å². The predicted octanol–water partition coefficient (Wildman–Crippen LogP) is 2.10. The second-order valence-electron chi connectivity index (χ2n) is 4.61. The molecule has 104 valence electrons. The molecule has 6 nitrogen and oxygen atoms in total. The molecule has 0 atom stereocenters. The molecule has 0 amide bonds. The zero-order chi connectivity index (χ0) is 15.0. The lowest BCUT2D eigenvalue weighted by Gasteiger charge is -2.10. The van der Waals surface area contributed by atoms with Crippen molar-refractivity contribution in [1.29, 1.82) is 0 Å². The van der Waals surface area contributed by atoms with Gasteiger partial charge in [0, 0.05) is 12.6 Å². The van der Waals surface area contributed by atoms with Gasteiger partial charge in [-0.2, -0.15) is 5.10 Å². The first kappa shape index (κ1) is 13.8. The van der Waals surface area contributed by atoms with E-state index in [1.54, 1.807) is 13.1 Å². The van der Waals surface area contributed by atoms with Gasteiger partial charge in [-0.15, -0.1) is 0 Å². The van der Waals surface area contributed by atoms with E-state index in [1.165, 1.54) is 16.8 Å². The predicted molar refractivity (Wildman–Crippen MR) is 72.0 cm³/mol. The summed E-state index contributed by atoms with van der Waals surface area (Å²) in [6, 6.07) is 4.57. The van der Waals surface area contributed by atoms with E-state index in [0.29, 0.717) is 11.3 Å². The molecule has 1 aromatic heterocycles. The number of hydrogen-bond donors (Lipinski definition) is 2. The van der Waals surface area contributed by atoms with Crippen molar-refractivity contribution in [3.63, 3.8) is 0 Å². The molecule has 2 rings (SSSR count). The number of carboxylic acids is 2. The first-order chi connectivity index (χ1) is 9.31. The first-order valence-corrected chi connectivity index (χ1v) is 5.93. The Labute approximate surface area is 115 Å². The monoisotopic (exact) mass is 274 g/mol. The molecule has 0 radical (unpaired) electrons. The van der Waals surface area contributed by atoms with Crippen LogP contribution in [0.25, 0.3) is 11.3 Å². The van der Waals surface area contributed by atoms with E-state index >= 15 is 0 Å². The Bertz CT molecular complexity index is 716. The highest BCUT2D eigenvalue weighted by Gasteiger charge is 2.17. The van der Waals surface area contributed by atoms with Gasteiger partial charge in [-0.3, -0.25) is 4.68 Å². The Hall–Kier alpha value is -2.63. The minimum Gasteiger partial charge on any atom is -0.478 e. The van der Waals surface area contributed by atoms with E-state index in [0.717, 1.165) is 11.1 Å². The van der Waals surface area contributed by atoms with Gasteiger partial charge in [0.1, 0.15) is 0 Å². The van der Waals surface area contributed by atoms with Crippen LogP contribution in [0.5, 0.6) is 0 Å². The zero-order valence-corrected chi connectivity index (χ0v) is 11.3. The van der Waals surface area contributed by atoms with E-state index in [9.17, 15) is 9.59 Å². The van der Waals surface area contributed by atoms with Crippen LogP contribution in [0.1, 0.15) is 32.0 Å². The molecule has 2 N–H and O–H groups in total. The number of aryl methyl sites for hydroxylation is 2. The van der Waals surface area contributed by atoms with Gasteiger partial charge in [0.15, 0.2) is 5.69 Å². The van der Waals surface area contributed by atoms with Crippen molar-refractivity contribution >= 4 is 11.9 Å². The van der Waals surface area contributed by atoms with E-state index < -0.39 is 11.9 Å². The molecule has 0 unspecified atom stereocenters. The summed E-state index contributed by atoms with van der Waals surface area (Å²) in [5.74, 6) is -2.13. The third-order valence-electron chi connectivity index (χ3n) is 3.29. The maximum atomic E-state index is 11.1. The molecule has 0 bridgehead atoms. The Morgan fingerprint density at radius 3 is 2.25 bits per heavy atom. The van der Waals surface area contributed by atoms with Crippen molar-refractivity contribution in [3.8, 4) is 11.3 Å². The molecule has 0 spiro atoms. The van der Waals surface area contributed by atoms with Crippen molar-refractivity contribution in [2.75, 3.05) is 0 Å². The molecular weight excluding hydrogens is 260 g/mol. The van der Waals surface area contributed by atoms with E-state index in [4.69, 9.17) is 10.2 Å². The van der Waals surface area contributed by atoms with Crippen LogP contribution in [-0.4, -0.2) is 31.9 Å². The number of rotatable bonds is 3. The molecule has 0 saturated carbocycles.